The van der Waals surface area contributed by atoms with Crippen LogP contribution >= 0.6 is 0 Å². The molecule has 1 fully saturated rings. The molecule has 0 radical (unpaired) electrons. The largest absolute Gasteiger partial charge is 0.416 e. The Morgan fingerprint density at radius 2 is 2.05 bits per heavy atom. The van der Waals surface area contributed by atoms with Crippen LogP contribution in [-0.2, 0) is 12.7 Å². The Morgan fingerprint density at radius 1 is 1.35 bits per heavy atom. The lowest BCUT2D eigenvalue weighted by molar-refractivity contribution is -0.137. The molecule has 112 valence electrons. The van der Waals surface area contributed by atoms with Gasteiger partial charge in [-0.15, -0.1) is 0 Å². The SMILES string of the molecule is CC1(C)CCC(Nc2ccc(C(F)(F)F)cc2CN)C1. The lowest BCUT2D eigenvalue weighted by Gasteiger charge is -2.20. The van der Waals surface area contributed by atoms with E-state index in [-0.39, 0.29) is 6.54 Å². The summed E-state index contributed by atoms with van der Waals surface area (Å²) in [6.07, 6.45) is -1.13. The maximum absolute atomic E-state index is 12.7. The third-order valence-electron chi connectivity index (χ3n) is 3.98. The fraction of sp³-hybridized carbons (Fsp3) is 0.600. The fourth-order valence-electron chi connectivity index (χ4n) is 2.86. The number of alkyl halides is 3. The Kier molecular flexibility index (Phi) is 4.00. The minimum absolute atomic E-state index is 0.0996. The van der Waals surface area contributed by atoms with Crippen molar-refractivity contribution in [3.05, 3.63) is 29.3 Å². The number of nitrogens with one attached hydrogen (secondary N) is 1. The molecule has 0 amide bonds. The zero-order valence-corrected chi connectivity index (χ0v) is 11.8. The summed E-state index contributed by atoms with van der Waals surface area (Å²) in [5.41, 5.74) is 6.48. The van der Waals surface area contributed by atoms with Gasteiger partial charge in [0.25, 0.3) is 0 Å². The number of hydrogen-bond acceptors (Lipinski definition) is 2. The van der Waals surface area contributed by atoms with Crippen LogP contribution in [0.3, 0.4) is 0 Å². The molecule has 3 N–H and O–H groups in total. The van der Waals surface area contributed by atoms with Crippen molar-refractivity contribution in [1.29, 1.82) is 0 Å². The second-order valence-corrected chi connectivity index (χ2v) is 6.32. The molecule has 20 heavy (non-hydrogen) atoms. The summed E-state index contributed by atoms with van der Waals surface area (Å²) in [6.45, 7) is 4.53. The van der Waals surface area contributed by atoms with Crippen LogP contribution in [0, 0.1) is 5.41 Å². The summed E-state index contributed by atoms with van der Waals surface area (Å²) < 4.78 is 38.0. The molecule has 0 aliphatic heterocycles. The van der Waals surface area contributed by atoms with Crippen LogP contribution in [0.1, 0.15) is 44.2 Å². The highest BCUT2D eigenvalue weighted by Crippen LogP contribution is 2.39. The standard InChI is InChI=1S/C15H21F3N2/c1-14(2)6-5-12(8-14)20-13-4-3-11(15(16,17)18)7-10(13)9-19/h3-4,7,12,20H,5-6,8-9,19H2,1-2H3. The molecule has 0 saturated heterocycles. The molecule has 1 aromatic rings. The van der Waals surface area contributed by atoms with Gasteiger partial charge in [0.2, 0.25) is 0 Å². The Bertz CT molecular complexity index is 480. The van der Waals surface area contributed by atoms with E-state index in [2.05, 4.69) is 19.2 Å². The van der Waals surface area contributed by atoms with Gasteiger partial charge >= 0.3 is 6.18 Å². The van der Waals surface area contributed by atoms with Crippen molar-refractivity contribution in [2.24, 2.45) is 11.1 Å². The van der Waals surface area contributed by atoms with E-state index in [1.165, 1.54) is 6.07 Å². The summed E-state index contributed by atoms with van der Waals surface area (Å²) in [5.74, 6) is 0. The first kappa shape index (κ1) is 15.2. The molecule has 1 unspecified atom stereocenters. The molecule has 5 heteroatoms. The summed E-state index contributed by atoms with van der Waals surface area (Å²) in [4.78, 5) is 0. The van der Waals surface area contributed by atoms with Gasteiger partial charge in [-0.2, -0.15) is 13.2 Å². The lowest BCUT2D eigenvalue weighted by Crippen LogP contribution is -2.19. The Labute approximate surface area is 117 Å². The fourth-order valence-corrected chi connectivity index (χ4v) is 2.86. The van der Waals surface area contributed by atoms with Gasteiger partial charge in [0, 0.05) is 18.3 Å². The quantitative estimate of drug-likeness (QED) is 0.875. The van der Waals surface area contributed by atoms with Crippen LogP contribution < -0.4 is 11.1 Å². The average molecular weight is 286 g/mol. The van der Waals surface area contributed by atoms with Crippen LogP contribution in [0.25, 0.3) is 0 Å². The minimum atomic E-state index is -4.32. The predicted octanol–water partition coefficient (Wildman–Crippen LogP) is 4.15. The number of anilines is 1. The van der Waals surface area contributed by atoms with Gasteiger partial charge in [-0.1, -0.05) is 13.8 Å². The molecule has 1 aliphatic carbocycles. The van der Waals surface area contributed by atoms with Crippen LogP contribution in [0.5, 0.6) is 0 Å². The van der Waals surface area contributed by atoms with Gasteiger partial charge in [0.05, 0.1) is 5.56 Å². The lowest BCUT2D eigenvalue weighted by atomic mass is 9.92. The third kappa shape index (κ3) is 3.45. The van der Waals surface area contributed by atoms with E-state index in [4.69, 9.17) is 5.73 Å². The van der Waals surface area contributed by atoms with Crippen LogP contribution in [0.4, 0.5) is 18.9 Å². The van der Waals surface area contributed by atoms with E-state index >= 15 is 0 Å². The van der Waals surface area contributed by atoms with Crippen molar-refractivity contribution in [3.63, 3.8) is 0 Å². The second kappa shape index (κ2) is 5.28. The van der Waals surface area contributed by atoms with Crippen molar-refractivity contribution in [1.82, 2.24) is 0 Å². The summed E-state index contributed by atoms with van der Waals surface area (Å²) in [5, 5.41) is 3.35. The molecule has 0 spiro atoms. The first-order valence-electron chi connectivity index (χ1n) is 6.88. The van der Waals surface area contributed by atoms with E-state index in [9.17, 15) is 13.2 Å². The van der Waals surface area contributed by atoms with Crippen LogP contribution in [0.2, 0.25) is 0 Å². The maximum Gasteiger partial charge on any atom is 0.416 e. The van der Waals surface area contributed by atoms with E-state index in [1.54, 1.807) is 0 Å². The highest BCUT2D eigenvalue weighted by Gasteiger charge is 2.33. The first-order valence-corrected chi connectivity index (χ1v) is 6.88. The van der Waals surface area contributed by atoms with Gasteiger partial charge in [-0.3, -0.25) is 0 Å². The van der Waals surface area contributed by atoms with Crippen molar-refractivity contribution >= 4 is 5.69 Å². The van der Waals surface area contributed by atoms with Gasteiger partial charge in [-0.05, 0) is 48.4 Å². The van der Waals surface area contributed by atoms with Crippen LogP contribution in [0.15, 0.2) is 18.2 Å². The Morgan fingerprint density at radius 3 is 2.55 bits per heavy atom. The minimum Gasteiger partial charge on any atom is -0.382 e. The van der Waals surface area contributed by atoms with Crippen molar-refractivity contribution in [2.45, 2.75) is 51.9 Å². The predicted molar refractivity (Wildman–Crippen MR) is 74.4 cm³/mol. The zero-order chi connectivity index (χ0) is 15.0. The van der Waals surface area contributed by atoms with Gasteiger partial charge in [-0.25, -0.2) is 0 Å². The van der Waals surface area contributed by atoms with E-state index in [0.29, 0.717) is 17.0 Å². The molecular weight excluding hydrogens is 265 g/mol. The highest BCUT2D eigenvalue weighted by molar-refractivity contribution is 5.54. The first-order chi connectivity index (χ1) is 9.21. The molecular formula is C15H21F3N2. The maximum atomic E-state index is 12.7. The Balaban J connectivity index is 2.16. The topological polar surface area (TPSA) is 38.0 Å². The zero-order valence-electron chi connectivity index (χ0n) is 11.8. The van der Waals surface area contributed by atoms with Gasteiger partial charge in [0.1, 0.15) is 0 Å². The molecule has 0 aromatic heterocycles. The number of nitrogens with two attached hydrogens (primary N) is 1. The molecule has 1 saturated carbocycles. The van der Waals surface area contributed by atoms with Crippen molar-refractivity contribution in [3.8, 4) is 0 Å². The smallest absolute Gasteiger partial charge is 0.382 e. The second-order valence-electron chi connectivity index (χ2n) is 6.32. The summed E-state index contributed by atoms with van der Waals surface area (Å²) >= 11 is 0. The highest BCUT2D eigenvalue weighted by atomic mass is 19.4. The summed E-state index contributed by atoms with van der Waals surface area (Å²) in [6, 6.07) is 4.06. The number of rotatable bonds is 3. The molecule has 2 nitrogen and oxygen atoms in total. The number of hydrogen-bond donors (Lipinski definition) is 2. The van der Waals surface area contributed by atoms with Gasteiger partial charge in [0.15, 0.2) is 0 Å². The monoisotopic (exact) mass is 286 g/mol. The van der Waals surface area contributed by atoms with E-state index < -0.39 is 11.7 Å². The molecule has 1 aromatic carbocycles. The van der Waals surface area contributed by atoms with E-state index in [0.717, 1.165) is 37.1 Å². The van der Waals surface area contributed by atoms with Gasteiger partial charge < -0.3 is 11.1 Å². The molecule has 2 rings (SSSR count). The average Bonchev–Trinajstić information content (AvgIpc) is 2.68. The summed E-state index contributed by atoms with van der Waals surface area (Å²) in [7, 11) is 0. The van der Waals surface area contributed by atoms with E-state index in [1.807, 2.05) is 0 Å². The number of benzene rings is 1. The third-order valence-corrected chi connectivity index (χ3v) is 3.98. The van der Waals surface area contributed by atoms with Crippen LogP contribution in [-0.4, -0.2) is 6.04 Å². The van der Waals surface area contributed by atoms with Crippen molar-refractivity contribution in [2.75, 3.05) is 5.32 Å². The molecule has 0 bridgehead atoms. The molecule has 0 heterocycles. The van der Waals surface area contributed by atoms with Crippen molar-refractivity contribution < 1.29 is 13.2 Å². The molecule has 1 atom stereocenters. The molecule has 1 aliphatic rings. The normalized spacial score (nSPS) is 22.0. The number of halogens is 3. The Hall–Kier alpha value is -1.23.